The van der Waals surface area contributed by atoms with Gasteiger partial charge in [-0.1, -0.05) is 30.3 Å². The third kappa shape index (κ3) is 2.90. The summed E-state index contributed by atoms with van der Waals surface area (Å²) in [6, 6.07) is 9.70. The molecule has 6 heteroatoms. The molecule has 0 aliphatic carbocycles. The van der Waals surface area contributed by atoms with Crippen LogP contribution in [0.25, 0.3) is 0 Å². The Balaban J connectivity index is 2.23. The van der Waals surface area contributed by atoms with Gasteiger partial charge in [-0.2, -0.15) is 0 Å². The Hall–Kier alpha value is -1.14. The van der Waals surface area contributed by atoms with Crippen LogP contribution in [-0.2, 0) is 16.0 Å². The zero-order valence-corrected chi connectivity index (χ0v) is 12.4. The average Bonchev–Trinajstić information content (AvgIpc) is 2.43. The molecule has 1 fully saturated rings. The van der Waals surface area contributed by atoms with Crippen molar-refractivity contribution in [3.05, 3.63) is 35.9 Å². The third-order valence-electron chi connectivity index (χ3n) is 3.07. The number of hydrogen-bond acceptors (Lipinski definition) is 4. The molecule has 0 spiro atoms. The Labute approximate surface area is 121 Å². The van der Waals surface area contributed by atoms with Gasteiger partial charge in [-0.3, -0.25) is 9.59 Å². The summed E-state index contributed by atoms with van der Waals surface area (Å²) in [6.07, 6.45) is 4.11. The predicted octanol–water partition coefficient (Wildman–Crippen LogP) is 1.22. The Bertz CT molecular complexity index is 481. The number of carbonyl (C=O) groups is 2. The van der Waals surface area contributed by atoms with Crippen molar-refractivity contribution in [3.8, 4) is 0 Å². The van der Waals surface area contributed by atoms with E-state index in [0.717, 1.165) is 5.56 Å². The molecule has 4 nitrogen and oxygen atoms in total. The maximum Gasteiger partial charge on any atom is 0.257 e. The van der Waals surface area contributed by atoms with Gasteiger partial charge >= 0.3 is 0 Å². The largest absolute Gasteiger partial charge is 0.333 e. The van der Waals surface area contributed by atoms with Gasteiger partial charge in [0.1, 0.15) is 0 Å². The number of carbonyl (C=O) groups excluding carboxylic acids is 2. The first-order valence-electron chi connectivity index (χ1n) is 5.86. The van der Waals surface area contributed by atoms with E-state index in [2.05, 4.69) is 10.6 Å². The van der Waals surface area contributed by atoms with Gasteiger partial charge in [0.15, 0.2) is 10.2 Å². The fourth-order valence-electron chi connectivity index (χ4n) is 2.01. The van der Waals surface area contributed by atoms with E-state index in [-0.39, 0.29) is 11.8 Å². The summed E-state index contributed by atoms with van der Waals surface area (Å²) in [7, 11) is 0. The minimum Gasteiger partial charge on any atom is -0.333 e. The molecule has 0 saturated carbocycles. The molecular formula is C13H16N2O2S2. The standard InChI is InChI=1S/C13H16N2O2S2/c1-18-11-10(16)15-13(19-2,12(17)14-11)8-9-6-4-3-5-7-9/h3-7,11H,8H2,1-2H3,(H,14,17)(H,15,16)/t11-,13-/m1/s1. The molecule has 0 aromatic heterocycles. The van der Waals surface area contributed by atoms with E-state index in [9.17, 15) is 9.59 Å². The van der Waals surface area contributed by atoms with Crippen LogP contribution in [0.3, 0.4) is 0 Å². The van der Waals surface area contributed by atoms with Gasteiger partial charge in [-0.15, -0.1) is 23.5 Å². The van der Waals surface area contributed by atoms with Crippen LogP contribution >= 0.6 is 23.5 Å². The zero-order chi connectivity index (χ0) is 13.9. The zero-order valence-electron chi connectivity index (χ0n) is 10.8. The number of thioether (sulfide) groups is 2. The first-order valence-corrected chi connectivity index (χ1v) is 8.37. The van der Waals surface area contributed by atoms with E-state index in [4.69, 9.17) is 0 Å². The Morgan fingerprint density at radius 3 is 2.47 bits per heavy atom. The lowest BCUT2D eigenvalue weighted by atomic mass is 10.0. The van der Waals surface area contributed by atoms with Crippen molar-refractivity contribution in [3.63, 3.8) is 0 Å². The molecule has 0 bridgehead atoms. The molecular weight excluding hydrogens is 280 g/mol. The molecule has 2 amide bonds. The van der Waals surface area contributed by atoms with Crippen molar-refractivity contribution in [1.29, 1.82) is 0 Å². The van der Waals surface area contributed by atoms with Crippen LogP contribution in [0.1, 0.15) is 5.56 Å². The van der Waals surface area contributed by atoms with Crippen LogP contribution < -0.4 is 10.6 Å². The third-order valence-corrected chi connectivity index (χ3v) is 5.00. The quantitative estimate of drug-likeness (QED) is 0.877. The number of piperazine rings is 1. The summed E-state index contributed by atoms with van der Waals surface area (Å²) in [5.41, 5.74) is 1.02. The normalized spacial score (nSPS) is 26.7. The van der Waals surface area contributed by atoms with Crippen LogP contribution in [0.4, 0.5) is 0 Å². The molecule has 1 aromatic rings. The number of nitrogens with one attached hydrogen (secondary N) is 2. The van der Waals surface area contributed by atoms with Crippen LogP contribution in [0.2, 0.25) is 0 Å². The van der Waals surface area contributed by atoms with E-state index in [1.807, 2.05) is 36.6 Å². The monoisotopic (exact) mass is 296 g/mol. The highest BCUT2D eigenvalue weighted by molar-refractivity contribution is 8.01. The van der Waals surface area contributed by atoms with Crippen LogP contribution in [0, 0.1) is 0 Å². The second-order valence-electron chi connectivity index (χ2n) is 4.27. The maximum atomic E-state index is 12.3. The van der Waals surface area contributed by atoms with Crippen molar-refractivity contribution >= 4 is 35.3 Å². The molecule has 1 saturated heterocycles. The fourth-order valence-corrected chi connectivity index (χ4v) is 3.27. The highest BCUT2D eigenvalue weighted by atomic mass is 32.2. The topological polar surface area (TPSA) is 58.2 Å². The lowest BCUT2D eigenvalue weighted by Crippen LogP contribution is -2.67. The number of rotatable bonds is 4. The second kappa shape index (κ2) is 5.88. The lowest BCUT2D eigenvalue weighted by molar-refractivity contribution is -0.135. The predicted molar refractivity (Wildman–Crippen MR) is 80.0 cm³/mol. The molecule has 2 atom stereocenters. The summed E-state index contributed by atoms with van der Waals surface area (Å²) in [5.74, 6) is -0.278. The molecule has 0 unspecified atom stereocenters. The summed E-state index contributed by atoms with van der Waals surface area (Å²) in [4.78, 5) is 23.4. The number of amides is 2. The minimum atomic E-state index is -0.912. The van der Waals surface area contributed by atoms with Crippen molar-refractivity contribution in [2.24, 2.45) is 0 Å². The Morgan fingerprint density at radius 1 is 1.21 bits per heavy atom. The molecule has 1 aliphatic rings. The van der Waals surface area contributed by atoms with Gasteiger partial charge in [0, 0.05) is 6.42 Å². The Morgan fingerprint density at radius 2 is 1.89 bits per heavy atom. The van der Waals surface area contributed by atoms with E-state index in [1.54, 1.807) is 6.26 Å². The van der Waals surface area contributed by atoms with Crippen molar-refractivity contribution in [1.82, 2.24) is 10.6 Å². The second-order valence-corrected chi connectivity index (χ2v) is 6.32. The van der Waals surface area contributed by atoms with Crippen LogP contribution in [0.5, 0.6) is 0 Å². The SMILES string of the molecule is CS[C@H]1NC(=O)[C@@](Cc2ccccc2)(SC)NC1=O. The van der Waals surface area contributed by atoms with E-state index < -0.39 is 10.2 Å². The number of benzene rings is 1. The summed E-state index contributed by atoms with van der Waals surface area (Å²) >= 11 is 2.68. The molecule has 0 radical (unpaired) electrons. The number of hydrogen-bond donors (Lipinski definition) is 2. The van der Waals surface area contributed by atoms with E-state index >= 15 is 0 Å². The maximum absolute atomic E-state index is 12.3. The van der Waals surface area contributed by atoms with E-state index in [0.29, 0.717) is 6.42 Å². The van der Waals surface area contributed by atoms with Gasteiger partial charge in [-0.25, -0.2) is 0 Å². The Kier molecular flexibility index (Phi) is 4.42. The van der Waals surface area contributed by atoms with Gasteiger partial charge in [0.25, 0.3) is 11.8 Å². The average molecular weight is 296 g/mol. The molecule has 102 valence electrons. The summed E-state index contributed by atoms with van der Waals surface area (Å²) < 4.78 is 0. The van der Waals surface area contributed by atoms with Crippen molar-refractivity contribution in [2.45, 2.75) is 16.7 Å². The molecule has 2 rings (SSSR count). The molecule has 1 aromatic carbocycles. The first kappa shape index (κ1) is 14.3. The highest BCUT2D eigenvalue weighted by Gasteiger charge is 2.45. The fraction of sp³-hybridized carbons (Fsp3) is 0.385. The highest BCUT2D eigenvalue weighted by Crippen LogP contribution is 2.29. The minimum absolute atomic E-state index is 0.136. The van der Waals surface area contributed by atoms with Gasteiger partial charge < -0.3 is 10.6 Å². The molecule has 2 N–H and O–H groups in total. The van der Waals surface area contributed by atoms with Crippen molar-refractivity contribution in [2.75, 3.05) is 12.5 Å². The van der Waals surface area contributed by atoms with Gasteiger partial charge in [0.2, 0.25) is 0 Å². The van der Waals surface area contributed by atoms with E-state index in [1.165, 1.54) is 23.5 Å². The summed E-state index contributed by atoms with van der Waals surface area (Å²) in [6.45, 7) is 0. The molecule has 1 heterocycles. The molecule has 1 aliphatic heterocycles. The summed E-state index contributed by atoms with van der Waals surface area (Å²) in [5, 5.41) is 5.14. The van der Waals surface area contributed by atoms with Crippen molar-refractivity contribution < 1.29 is 9.59 Å². The van der Waals surface area contributed by atoms with Crippen LogP contribution in [0.15, 0.2) is 30.3 Å². The van der Waals surface area contributed by atoms with Crippen LogP contribution in [-0.4, -0.2) is 34.6 Å². The van der Waals surface area contributed by atoms with Gasteiger partial charge in [-0.05, 0) is 18.1 Å². The lowest BCUT2D eigenvalue weighted by Gasteiger charge is -2.38. The van der Waals surface area contributed by atoms with Gasteiger partial charge in [0.05, 0.1) is 0 Å². The molecule has 19 heavy (non-hydrogen) atoms. The smallest absolute Gasteiger partial charge is 0.257 e. The first-order chi connectivity index (χ1) is 9.11.